The monoisotopic (exact) mass is 265 g/mol. The lowest BCUT2D eigenvalue weighted by Gasteiger charge is -2.24. The normalized spacial score (nSPS) is 12.0. The van der Waals surface area contributed by atoms with Gasteiger partial charge in [-0.25, -0.2) is 4.79 Å². The second kappa shape index (κ2) is 4.63. The van der Waals surface area contributed by atoms with E-state index in [9.17, 15) is 32.3 Å². The number of carbonyl (C=O) groups is 2. The molecule has 0 aliphatic rings. The van der Waals surface area contributed by atoms with E-state index in [2.05, 4.69) is 4.74 Å². The number of para-hydroxylation sites is 1. The predicted octanol–water partition coefficient (Wildman–Crippen LogP) is 0.612. The van der Waals surface area contributed by atoms with Crippen molar-refractivity contribution in [2.75, 3.05) is 0 Å². The van der Waals surface area contributed by atoms with Crippen LogP contribution in [0.4, 0.5) is 17.6 Å². The number of hydrogen-bond donors (Lipinski definition) is 0. The number of carbonyl (C=O) groups excluding carboxylic acids is 2. The number of aliphatic carboxylic acids is 1. The second-order valence-electron chi connectivity index (χ2n) is 3.14. The van der Waals surface area contributed by atoms with Crippen molar-refractivity contribution in [1.29, 1.82) is 0 Å². The number of carboxylic acid groups (broad SMARTS) is 1. The second-order valence-corrected chi connectivity index (χ2v) is 3.14. The summed E-state index contributed by atoms with van der Waals surface area (Å²) in [5.41, 5.74) is 0. The molecule has 0 heterocycles. The van der Waals surface area contributed by atoms with Gasteiger partial charge < -0.3 is 14.6 Å². The minimum absolute atomic E-state index is 0.420. The lowest BCUT2D eigenvalue weighted by atomic mass is 10.2. The highest BCUT2D eigenvalue weighted by Gasteiger charge is 2.64. The Morgan fingerprint density at radius 2 is 1.50 bits per heavy atom. The van der Waals surface area contributed by atoms with Crippen LogP contribution in [0.5, 0.6) is 5.75 Å². The van der Waals surface area contributed by atoms with E-state index in [0.717, 1.165) is 12.1 Å². The fourth-order valence-electron chi connectivity index (χ4n) is 0.916. The van der Waals surface area contributed by atoms with Crippen LogP contribution in [0.15, 0.2) is 30.3 Å². The van der Waals surface area contributed by atoms with Crippen molar-refractivity contribution in [2.24, 2.45) is 0 Å². The molecule has 0 saturated carbocycles. The summed E-state index contributed by atoms with van der Waals surface area (Å²) >= 11 is 0. The van der Waals surface area contributed by atoms with Crippen LogP contribution in [0, 0.1) is 0 Å². The van der Waals surface area contributed by atoms with E-state index >= 15 is 0 Å². The Labute approximate surface area is 97.8 Å². The number of halogens is 4. The van der Waals surface area contributed by atoms with Crippen LogP contribution in [0.2, 0.25) is 0 Å². The zero-order valence-corrected chi connectivity index (χ0v) is 8.53. The van der Waals surface area contributed by atoms with Gasteiger partial charge in [-0.05, 0) is 12.1 Å². The van der Waals surface area contributed by atoms with Crippen LogP contribution in [-0.4, -0.2) is 23.8 Å². The zero-order chi connectivity index (χ0) is 14.0. The van der Waals surface area contributed by atoms with E-state index < -0.39 is 29.5 Å². The molecular weight excluding hydrogens is 260 g/mol. The van der Waals surface area contributed by atoms with Crippen molar-refractivity contribution in [1.82, 2.24) is 0 Å². The molecule has 1 aromatic rings. The minimum Gasteiger partial charge on any atom is -0.544 e. The molecule has 1 aromatic carbocycles. The fraction of sp³-hybridized carbons (Fsp3) is 0.200. The zero-order valence-electron chi connectivity index (χ0n) is 8.53. The molecule has 0 bridgehead atoms. The first kappa shape index (κ1) is 13.9. The van der Waals surface area contributed by atoms with Gasteiger partial charge in [0.2, 0.25) is 0 Å². The van der Waals surface area contributed by atoms with Crippen molar-refractivity contribution >= 4 is 11.9 Å². The summed E-state index contributed by atoms with van der Waals surface area (Å²) in [5.74, 6) is -17.6. The molecule has 0 atom stereocenters. The summed E-state index contributed by atoms with van der Waals surface area (Å²) < 4.78 is 54.9. The van der Waals surface area contributed by atoms with E-state index in [1.165, 1.54) is 18.2 Å². The molecule has 0 N–H and O–H groups in total. The van der Waals surface area contributed by atoms with Crippen molar-refractivity contribution in [3.8, 4) is 5.75 Å². The van der Waals surface area contributed by atoms with Crippen LogP contribution in [0.1, 0.15) is 0 Å². The van der Waals surface area contributed by atoms with Gasteiger partial charge in [-0.3, -0.25) is 0 Å². The standard InChI is InChI=1S/C10H6F4O4/c11-9(12,7(15)16)10(13,14)8(17)18-6-4-2-1-3-5-6/h1-5H,(H,15,16)/p-1. The smallest absolute Gasteiger partial charge is 0.410 e. The average Bonchev–Trinajstić information content (AvgIpc) is 2.29. The van der Waals surface area contributed by atoms with Gasteiger partial charge in [-0.2, -0.15) is 17.6 Å². The molecule has 4 nitrogen and oxygen atoms in total. The number of rotatable bonds is 4. The molecule has 0 aliphatic heterocycles. The van der Waals surface area contributed by atoms with Gasteiger partial charge in [0.05, 0.1) is 0 Å². The average molecular weight is 265 g/mol. The lowest BCUT2D eigenvalue weighted by molar-refractivity contribution is -0.346. The molecule has 0 fully saturated rings. The number of carboxylic acids is 1. The van der Waals surface area contributed by atoms with E-state index in [4.69, 9.17) is 0 Å². The molecule has 0 aliphatic carbocycles. The summed E-state index contributed by atoms with van der Waals surface area (Å²) in [6.45, 7) is 0. The molecule has 0 unspecified atom stereocenters. The van der Waals surface area contributed by atoms with E-state index in [1.54, 1.807) is 0 Å². The predicted molar refractivity (Wildman–Crippen MR) is 47.0 cm³/mol. The Bertz CT molecular complexity index is 458. The van der Waals surface area contributed by atoms with Gasteiger partial charge in [0.1, 0.15) is 11.7 Å². The first-order valence-corrected chi connectivity index (χ1v) is 4.44. The van der Waals surface area contributed by atoms with Gasteiger partial charge in [0, 0.05) is 0 Å². The highest BCUT2D eigenvalue weighted by Crippen LogP contribution is 2.35. The summed E-state index contributed by atoms with van der Waals surface area (Å²) in [7, 11) is 0. The van der Waals surface area contributed by atoms with Crippen molar-refractivity contribution in [2.45, 2.75) is 11.8 Å². The third-order valence-corrected chi connectivity index (χ3v) is 1.86. The Hall–Kier alpha value is -2.12. The highest BCUT2D eigenvalue weighted by atomic mass is 19.3. The van der Waals surface area contributed by atoms with Gasteiger partial charge >= 0.3 is 17.8 Å². The maximum Gasteiger partial charge on any atom is 0.410 e. The number of alkyl halides is 4. The minimum atomic E-state index is -5.65. The van der Waals surface area contributed by atoms with Crippen molar-refractivity contribution in [3.63, 3.8) is 0 Å². The lowest BCUT2D eigenvalue weighted by Crippen LogP contribution is -2.58. The fourth-order valence-corrected chi connectivity index (χ4v) is 0.916. The Balaban J connectivity index is 2.93. The molecule has 98 valence electrons. The first-order valence-electron chi connectivity index (χ1n) is 4.44. The summed E-state index contributed by atoms with van der Waals surface area (Å²) in [6.07, 6.45) is 0. The van der Waals surface area contributed by atoms with Crippen molar-refractivity contribution < 1.29 is 37.0 Å². The maximum atomic E-state index is 12.9. The first-order chi connectivity index (χ1) is 8.19. The largest absolute Gasteiger partial charge is 0.544 e. The van der Waals surface area contributed by atoms with Crippen LogP contribution >= 0.6 is 0 Å². The van der Waals surface area contributed by atoms with Crippen LogP contribution in [0.3, 0.4) is 0 Å². The van der Waals surface area contributed by atoms with Gasteiger partial charge in [-0.15, -0.1) is 0 Å². The summed E-state index contributed by atoms with van der Waals surface area (Å²) in [6, 6.07) is 6.19. The third-order valence-electron chi connectivity index (χ3n) is 1.86. The summed E-state index contributed by atoms with van der Waals surface area (Å²) in [4.78, 5) is 20.7. The Kier molecular flexibility index (Phi) is 3.59. The Morgan fingerprint density at radius 3 is 1.94 bits per heavy atom. The van der Waals surface area contributed by atoms with Crippen molar-refractivity contribution in [3.05, 3.63) is 30.3 Å². The van der Waals surface area contributed by atoms with E-state index in [1.807, 2.05) is 0 Å². The van der Waals surface area contributed by atoms with E-state index in [0.29, 0.717) is 0 Å². The van der Waals surface area contributed by atoms with E-state index in [-0.39, 0.29) is 0 Å². The number of esters is 1. The third kappa shape index (κ3) is 2.41. The Morgan fingerprint density at radius 1 is 1.00 bits per heavy atom. The number of benzene rings is 1. The molecule has 0 amide bonds. The van der Waals surface area contributed by atoms with Crippen LogP contribution in [0.25, 0.3) is 0 Å². The number of ether oxygens (including phenoxy) is 1. The van der Waals surface area contributed by atoms with Gasteiger partial charge in [-0.1, -0.05) is 18.2 Å². The van der Waals surface area contributed by atoms with Crippen LogP contribution < -0.4 is 9.84 Å². The quantitative estimate of drug-likeness (QED) is 0.454. The molecule has 8 heteroatoms. The SMILES string of the molecule is O=C([O-])C(F)(F)C(F)(F)C(=O)Oc1ccccc1. The summed E-state index contributed by atoms with van der Waals surface area (Å²) in [5, 5.41) is 9.88. The molecule has 0 radical (unpaired) electrons. The topological polar surface area (TPSA) is 66.4 Å². The molecule has 18 heavy (non-hydrogen) atoms. The number of hydrogen-bond acceptors (Lipinski definition) is 4. The van der Waals surface area contributed by atoms with Crippen LogP contribution in [-0.2, 0) is 9.59 Å². The van der Waals surface area contributed by atoms with Gasteiger partial charge in [0.25, 0.3) is 0 Å². The van der Waals surface area contributed by atoms with Gasteiger partial charge in [0.15, 0.2) is 0 Å². The molecule has 0 saturated heterocycles. The molecule has 1 rings (SSSR count). The maximum absolute atomic E-state index is 12.9. The molecular formula is C10H5F4O4-. The molecule has 0 spiro atoms. The molecule has 0 aromatic heterocycles. The highest BCUT2D eigenvalue weighted by molar-refractivity contribution is 5.89.